The van der Waals surface area contributed by atoms with Gasteiger partial charge in [-0.05, 0) is 57.2 Å². The molecule has 1 aliphatic rings. The van der Waals surface area contributed by atoms with E-state index in [0.29, 0.717) is 18.3 Å². The van der Waals surface area contributed by atoms with Crippen molar-refractivity contribution >= 4 is 0 Å². The standard InChI is InChI=1S/C18H23N3O/c1-14-7-5-6-10-16(14)18-21-20-17(22-18)13-19-12-11-15-8-3-2-4-9-15/h5-8,10,19H,2-4,9,11-13H2,1H3. The van der Waals surface area contributed by atoms with Gasteiger partial charge < -0.3 is 9.73 Å². The van der Waals surface area contributed by atoms with E-state index >= 15 is 0 Å². The number of benzene rings is 1. The second-order valence-corrected chi connectivity index (χ2v) is 5.85. The first-order valence-corrected chi connectivity index (χ1v) is 8.10. The second kappa shape index (κ2) is 7.36. The summed E-state index contributed by atoms with van der Waals surface area (Å²) in [5, 5.41) is 11.7. The van der Waals surface area contributed by atoms with Gasteiger partial charge in [0.25, 0.3) is 0 Å². The third-order valence-corrected chi connectivity index (χ3v) is 4.13. The Morgan fingerprint density at radius 1 is 1.18 bits per heavy atom. The Labute approximate surface area is 131 Å². The Bertz CT molecular complexity index is 645. The number of allylic oxidation sites excluding steroid dienone is 1. The Morgan fingerprint density at radius 2 is 2.09 bits per heavy atom. The van der Waals surface area contributed by atoms with Crippen molar-refractivity contribution in [1.29, 1.82) is 0 Å². The molecule has 4 heteroatoms. The van der Waals surface area contributed by atoms with Gasteiger partial charge in [-0.1, -0.05) is 29.8 Å². The van der Waals surface area contributed by atoms with Gasteiger partial charge in [-0.3, -0.25) is 0 Å². The Balaban J connectivity index is 1.50. The van der Waals surface area contributed by atoms with Crippen molar-refractivity contribution in [3.05, 3.63) is 47.4 Å². The average molecular weight is 297 g/mol. The van der Waals surface area contributed by atoms with E-state index < -0.39 is 0 Å². The maximum atomic E-state index is 5.74. The highest BCUT2D eigenvalue weighted by molar-refractivity contribution is 5.57. The van der Waals surface area contributed by atoms with Crippen molar-refractivity contribution in [3.63, 3.8) is 0 Å². The molecule has 0 saturated heterocycles. The molecule has 22 heavy (non-hydrogen) atoms. The number of rotatable bonds is 6. The Kier molecular flexibility index (Phi) is 5.01. The molecule has 0 atom stereocenters. The highest BCUT2D eigenvalue weighted by Crippen LogP contribution is 2.21. The summed E-state index contributed by atoms with van der Waals surface area (Å²) in [7, 11) is 0. The largest absolute Gasteiger partial charge is 0.419 e. The van der Waals surface area contributed by atoms with Gasteiger partial charge in [0.05, 0.1) is 6.54 Å². The number of hydrogen-bond donors (Lipinski definition) is 1. The predicted molar refractivity (Wildman–Crippen MR) is 87.3 cm³/mol. The van der Waals surface area contributed by atoms with E-state index in [1.165, 1.54) is 25.7 Å². The Morgan fingerprint density at radius 3 is 2.91 bits per heavy atom. The molecule has 4 nitrogen and oxygen atoms in total. The summed E-state index contributed by atoms with van der Waals surface area (Å²) in [6, 6.07) is 8.06. The van der Waals surface area contributed by atoms with Gasteiger partial charge in [0.2, 0.25) is 11.8 Å². The molecule has 0 amide bonds. The molecule has 2 aromatic rings. The summed E-state index contributed by atoms with van der Waals surface area (Å²) in [5.74, 6) is 1.25. The molecule has 1 N–H and O–H groups in total. The summed E-state index contributed by atoms with van der Waals surface area (Å²) < 4.78 is 5.74. The first kappa shape index (κ1) is 15.0. The summed E-state index contributed by atoms with van der Waals surface area (Å²) >= 11 is 0. The first-order valence-electron chi connectivity index (χ1n) is 8.10. The fourth-order valence-corrected chi connectivity index (χ4v) is 2.82. The van der Waals surface area contributed by atoms with Crippen molar-refractivity contribution in [2.75, 3.05) is 6.54 Å². The van der Waals surface area contributed by atoms with Crippen LogP contribution in [0.2, 0.25) is 0 Å². The maximum Gasteiger partial charge on any atom is 0.248 e. The summed E-state index contributed by atoms with van der Waals surface area (Å²) in [6.07, 6.45) is 8.72. The van der Waals surface area contributed by atoms with Gasteiger partial charge >= 0.3 is 0 Å². The molecule has 0 fully saturated rings. The molecule has 0 saturated carbocycles. The van der Waals surface area contributed by atoms with Crippen LogP contribution >= 0.6 is 0 Å². The SMILES string of the molecule is Cc1ccccc1-c1nnc(CNCCC2=CCCCC2)o1. The van der Waals surface area contributed by atoms with Crippen LogP contribution in [0.15, 0.2) is 40.3 Å². The molecule has 1 aromatic heterocycles. The number of aromatic nitrogens is 2. The van der Waals surface area contributed by atoms with Crippen LogP contribution in [-0.4, -0.2) is 16.7 Å². The van der Waals surface area contributed by atoms with E-state index in [1.54, 1.807) is 5.57 Å². The fraction of sp³-hybridized carbons (Fsp3) is 0.444. The summed E-state index contributed by atoms with van der Waals surface area (Å²) in [5.41, 5.74) is 3.74. The molecule has 0 spiro atoms. The van der Waals surface area contributed by atoms with Crippen molar-refractivity contribution in [2.24, 2.45) is 0 Å². The van der Waals surface area contributed by atoms with E-state index in [0.717, 1.165) is 24.1 Å². The van der Waals surface area contributed by atoms with Crippen LogP contribution in [0.1, 0.15) is 43.6 Å². The number of nitrogens with zero attached hydrogens (tertiary/aromatic N) is 2. The third kappa shape index (κ3) is 3.83. The average Bonchev–Trinajstić information content (AvgIpc) is 3.02. The van der Waals surface area contributed by atoms with Gasteiger partial charge in [0.1, 0.15) is 0 Å². The first-order chi connectivity index (χ1) is 10.8. The normalized spacial score (nSPS) is 14.9. The van der Waals surface area contributed by atoms with Gasteiger partial charge in [0.15, 0.2) is 0 Å². The van der Waals surface area contributed by atoms with Crippen LogP contribution in [0.4, 0.5) is 0 Å². The highest BCUT2D eigenvalue weighted by Gasteiger charge is 2.10. The van der Waals surface area contributed by atoms with Gasteiger partial charge in [-0.15, -0.1) is 10.2 Å². The number of nitrogens with one attached hydrogen (secondary N) is 1. The number of hydrogen-bond acceptors (Lipinski definition) is 4. The topological polar surface area (TPSA) is 51.0 Å². The highest BCUT2D eigenvalue weighted by atomic mass is 16.4. The number of aryl methyl sites for hydroxylation is 1. The molecular formula is C18H23N3O. The fourth-order valence-electron chi connectivity index (χ4n) is 2.82. The van der Waals surface area contributed by atoms with Crippen LogP contribution < -0.4 is 5.32 Å². The Hall–Kier alpha value is -1.94. The summed E-state index contributed by atoms with van der Waals surface area (Å²) in [6.45, 7) is 3.65. The maximum absolute atomic E-state index is 5.74. The molecule has 1 aliphatic carbocycles. The molecule has 0 bridgehead atoms. The third-order valence-electron chi connectivity index (χ3n) is 4.13. The van der Waals surface area contributed by atoms with Crippen LogP contribution in [0.25, 0.3) is 11.5 Å². The van der Waals surface area contributed by atoms with E-state index in [-0.39, 0.29) is 0 Å². The monoisotopic (exact) mass is 297 g/mol. The molecule has 0 unspecified atom stereocenters. The lowest BCUT2D eigenvalue weighted by Gasteiger charge is -2.12. The zero-order valence-corrected chi connectivity index (χ0v) is 13.1. The lowest BCUT2D eigenvalue weighted by atomic mass is 9.97. The van der Waals surface area contributed by atoms with E-state index in [9.17, 15) is 0 Å². The van der Waals surface area contributed by atoms with Crippen LogP contribution in [0.5, 0.6) is 0 Å². The van der Waals surface area contributed by atoms with Crippen molar-refractivity contribution < 1.29 is 4.42 Å². The molecule has 3 rings (SSSR count). The van der Waals surface area contributed by atoms with Gasteiger partial charge in [-0.25, -0.2) is 0 Å². The van der Waals surface area contributed by atoms with E-state index in [4.69, 9.17) is 4.42 Å². The minimum Gasteiger partial charge on any atom is -0.419 e. The zero-order chi connectivity index (χ0) is 15.2. The van der Waals surface area contributed by atoms with Crippen molar-refractivity contribution in [2.45, 2.75) is 45.6 Å². The minimum absolute atomic E-state index is 0.602. The summed E-state index contributed by atoms with van der Waals surface area (Å²) in [4.78, 5) is 0. The van der Waals surface area contributed by atoms with E-state index in [2.05, 4.69) is 34.6 Å². The predicted octanol–water partition coefficient (Wildman–Crippen LogP) is 4.03. The zero-order valence-electron chi connectivity index (χ0n) is 13.1. The van der Waals surface area contributed by atoms with Gasteiger partial charge in [0, 0.05) is 5.56 Å². The molecule has 0 radical (unpaired) electrons. The van der Waals surface area contributed by atoms with E-state index in [1.807, 2.05) is 18.2 Å². The van der Waals surface area contributed by atoms with Crippen LogP contribution in [0.3, 0.4) is 0 Å². The lowest BCUT2D eigenvalue weighted by molar-refractivity contribution is 0.477. The molecule has 0 aliphatic heterocycles. The molecule has 116 valence electrons. The smallest absolute Gasteiger partial charge is 0.248 e. The van der Waals surface area contributed by atoms with Crippen molar-refractivity contribution in [3.8, 4) is 11.5 Å². The molecule has 1 aromatic carbocycles. The molecular weight excluding hydrogens is 274 g/mol. The minimum atomic E-state index is 0.602. The lowest BCUT2D eigenvalue weighted by Crippen LogP contribution is -2.15. The van der Waals surface area contributed by atoms with Crippen molar-refractivity contribution in [1.82, 2.24) is 15.5 Å². The van der Waals surface area contributed by atoms with Crippen LogP contribution in [-0.2, 0) is 6.54 Å². The molecule has 1 heterocycles. The second-order valence-electron chi connectivity index (χ2n) is 5.85. The van der Waals surface area contributed by atoms with Gasteiger partial charge in [-0.2, -0.15) is 0 Å². The van der Waals surface area contributed by atoms with Crippen LogP contribution in [0, 0.1) is 6.92 Å². The quantitative estimate of drug-likeness (QED) is 0.646.